The largest absolute Gasteiger partial charge is 0.507 e. The van der Waals surface area contributed by atoms with Crippen LogP contribution in [-0.4, -0.2) is 41.0 Å². The summed E-state index contributed by atoms with van der Waals surface area (Å²) in [5, 5.41) is 10.9. The Morgan fingerprint density at radius 1 is 1.06 bits per heavy atom. The van der Waals surface area contributed by atoms with E-state index >= 15 is 0 Å². The van der Waals surface area contributed by atoms with Gasteiger partial charge in [0, 0.05) is 36.2 Å². The molecule has 1 N–H and O–H groups in total. The number of rotatable bonds is 8. The van der Waals surface area contributed by atoms with Gasteiger partial charge in [-0.1, -0.05) is 30.3 Å². The lowest BCUT2D eigenvalue weighted by Crippen LogP contribution is -2.18. The van der Waals surface area contributed by atoms with Crippen LogP contribution in [-0.2, 0) is 9.47 Å². The Bertz CT molecular complexity index is 982. The number of aromatic nitrogens is 2. The third-order valence-electron chi connectivity index (χ3n) is 5.68. The molecule has 0 radical (unpaired) electrons. The minimum absolute atomic E-state index is 0.0422. The molecule has 0 bridgehead atoms. The predicted molar refractivity (Wildman–Crippen MR) is 118 cm³/mol. The molecule has 162 valence electrons. The highest BCUT2D eigenvalue weighted by Gasteiger charge is 2.31. The van der Waals surface area contributed by atoms with Gasteiger partial charge in [0.2, 0.25) is 0 Å². The fourth-order valence-electron chi connectivity index (χ4n) is 4.13. The zero-order chi connectivity index (χ0) is 21.6. The first kappa shape index (κ1) is 21.3. The normalized spacial score (nSPS) is 19.3. The number of benzene rings is 2. The number of phenols is 1. The van der Waals surface area contributed by atoms with E-state index in [2.05, 4.69) is 9.97 Å². The van der Waals surface area contributed by atoms with Crippen LogP contribution in [0.4, 0.5) is 0 Å². The van der Waals surface area contributed by atoms with Crippen molar-refractivity contribution < 1.29 is 19.3 Å². The molecule has 4 rings (SSSR count). The Balaban J connectivity index is 1.75. The summed E-state index contributed by atoms with van der Waals surface area (Å²) in [6.07, 6.45) is 7.50. The number of hydrogen-bond acceptors (Lipinski definition) is 6. The van der Waals surface area contributed by atoms with Crippen LogP contribution in [0, 0.1) is 0 Å². The maximum atomic E-state index is 10.9. The Morgan fingerprint density at radius 2 is 1.81 bits per heavy atom. The second-order valence-corrected chi connectivity index (χ2v) is 7.69. The Labute approximate surface area is 182 Å². The zero-order valence-electron chi connectivity index (χ0n) is 17.9. The van der Waals surface area contributed by atoms with Gasteiger partial charge in [0.15, 0.2) is 0 Å². The Morgan fingerprint density at radius 3 is 2.48 bits per heavy atom. The second kappa shape index (κ2) is 9.90. The van der Waals surface area contributed by atoms with Gasteiger partial charge in [0.1, 0.15) is 23.9 Å². The van der Waals surface area contributed by atoms with E-state index in [0.717, 1.165) is 41.5 Å². The topological polar surface area (TPSA) is 73.7 Å². The van der Waals surface area contributed by atoms with Gasteiger partial charge >= 0.3 is 0 Å². The molecule has 1 fully saturated rings. The molecule has 1 heterocycles. The number of ether oxygens (including phenoxy) is 3. The summed E-state index contributed by atoms with van der Waals surface area (Å²) < 4.78 is 18.1. The summed E-state index contributed by atoms with van der Waals surface area (Å²) in [6, 6.07) is 13.4. The van der Waals surface area contributed by atoms with Crippen molar-refractivity contribution >= 4 is 0 Å². The number of phenolic OH excluding ortho intramolecular Hbond substituents is 1. The van der Waals surface area contributed by atoms with Crippen molar-refractivity contribution in [3.05, 3.63) is 72.3 Å². The highest BCUT2D eigenvalue weighted by Crippen LogP contribution is 2.42. The average molecular weight is 421 g/mol. The predicted octanol–water partition coefficient (Wildman–Crippen LogP) is 4.92. The van der Waals surface area contributed by atoms with Crippen molar-refractivity contribution in [3.63, 3.8) is 0 Å². The van der Waals surface area contributed by atoms with E-state index in [9.17, 15) is 5.11 Å². The van der Waals surface area contributed by atoms with Gasteiger partial charge in [-0.05, 0) is 43.9 Å². The van der Waals surface area contributed by atoms with E-state index in [4.69, 9.17) is 14.2 Å². The molecule has 1 aromatic heterocycles. The van der Waals surface area contributed by atoms with E-state index in [-0.39, 0.29) is 18.0 Å². The van der Waals surface area contributed by atoms with E-state index < -0.39 is 6.10 Å². The summed E-state index contributed by atoms with van der Waals surface area (Å²) in [7, 11) is 1.74. The SMILES string of the molecule is CCOc1cc(-c2ccccc2)c(O)cc1[C@H](O[C@@H]1CC[C@@H](OC)C1)c1cncnc1. The van der Waals surface area contributed by atoms with Crippen LogP contribution in [0.25, 0.3) is 11.1 Å². The first-order chi connectivity index (χ1) is 15.2. The van der Waals surface area contributed by atoms with Crippen LogP contribution >= 0.6 is 0 Å². The van der Waals surface area contributed by atoms with Gasteiger partial charge in [-0.3, -0.25) is 0 Å². The van der Waals surface area contributed by atoms with Crippen LogP contribution < -0.4 is 4.74 Å². The lowest BCUT2D eigenvalue weighted by atomic mass is 9.96. The van der Waals surface area contributed by atoms with Crippen LogP contribution in [0.5, 0.6) is 11.5 Å². The monoisotopic (exact) mass is 420 g/mol. The molecule has 0 unspecified atom stereocenters. The quantitative estimate of drug-likeness (QED) is 0.557. The molecule has 3 atom stereocenters. The first-order valence-corrected chi connectivity index (χ1v) is 10.7. The van der Waals surface area contributed by atoms with Crippen LogP contribution in [0.2, 0.25) is 0 Å². The third-order valence-corrected chi connectivity index (χ3v) is 5.68. The van der Waals surface area contributed by atoms with Crippen molar-refractivity contribution in [2.75, 3.05) is 13.7 Å². The Kier molecular flexibility index (Phi) is 6.79. The summed E-state index contributed by atoms with van der Waals surface area (Å²) in [6.45, 7) is 2.44. The smallest absolute Gasteiger partial charge is 0.126 e. The van der Waals surface area contributed by atoms with Crippen LogP contribution in [0.3, 0.4) is 0 Å². The summed E-state index contributed by atoms with van der Waals surface area (Å²) >= 11 is 0. The summed E-state index contributed by atoms with van der Waals surface area (Å²) in [5.41, 5.74) is 3.22. The standard InChI is InChI=1S/C25H28N2O4/c1-3-30-24-13-21(17-7-5-4-6-8-17)23(28)12-22(24)25(18-14-26-16-27-15-18)31-20-10-9-19(11-20)29-2/h4-8,12-16,19-20,25,28H,3,9-11H2,1-2H3/t19-,20-,25-/m1/s1. The lowest BCUT2D eigenvalue weighted by Gasteiger charge is -2.25. The molecule has 6 nitrogen and oxygen atoms in total. The minimum Gasteiger partial charge on any atom is -0.507 e. The van der Waals surface area contributed by atoms with Gasteiger partial charge < -0.3 is 19.3 Å². The molecule has 31 heavy (non-hydrogen) atoms. The van der Waals surface area contributed by atoms with Gasteiger partial charge in [0.05, 0.1) is 18.8 Å². The van der Waals surface area contributed by atoms with Crippen molar-refractivity contribution in [1.82, 2.24) is 9.97 Å². The maximum absolute atomic E-state index is 10.9. The molecule has 0 aliphatic heterocycles. The molecule has 2 aromatic carbocycles. The maximum Gasteiger partial charge on any atom is 0.126 e. The van der Waals surface area contributed by atoms with Gasteiger partial charge in [-0.2, -0.15) is 0 Å². The van der Waals surface area contributed by atoms with Crippen molar-refractivity contribution in [1.29, 1.82) is 0 Å². The number of methoxy groups -OCH3 is 1. The number of hydrogen-bond donors (Lipinski definition) is 1. The van der Waals surface area contributed by atoms with Gasteiger partial charge in [0.25, 0.3) is 0 Å². The molecular formula is C25H28N2O4. The third kappa shape index (κ3) is 4.86. The number of aromatic hydroxyl groups is 1. The number of nitrogens with zero attached hydrogens (tertiary/aromatic N) is 2. The second-order valence-electron chi connectivity index (χ2n) is 7.69. The first-order valence-electron chi connectivity index (χ1n) is 10.7. The molecule has 6 heteroatoms. The summed E-state index contributed by atoms with van der Waals surface area (Å²) in [5.74, 6) is 0.852. The van der Waals surface area contributed by atoms with Crippen LogP contribution in [0.15, 0.2) is 61.2 Å². The van der Waals surface area contributed by atoms with Crippen molar-refractivity contribution in [3.8, 4) is 22.6 Å². The molecular weight excluding hydrogens is 392 g/mol. The van der Waals surface area contributed by atoms with E-state index in [1.807, 2.05) is 43.3 Å². The molecule has 0 spiro atoms. The van der Waals surface area contributed by atoms with E-state index in [1.165, 1.54) is 6.33 Å². The van der Waals surface area contributed by atoms with Crippen molar-refractivity contribution in [2.45, 2.75) is 44.5 Å². The molecule has 1 aliphatic rings. The van der Waals surface area contributed by atoms with Gasteiger partial charge in [-0.25, -0.2) is 9.97 Å². The zero-order valence-corrected chi connectivity index (χ0v) is 17.9. The van der Waals surface area contributed by atoms with Gasteiger partial charge in [-0.15, -0.1) is 0 Å². The molecule has 3 aromatic rings. The van der Waals surface area contributed by atoms with Crippen LogP contribution in [0.1, 0.15) is 43.4 Å². The Hall–Kier alpha value is -2.96. The minimum atomic E-state index is -0.459. The van der Waals surface area contributed by atoms with E-state index in [1.54, 1.807) is 25.6 Å². The van der Waals surface area contributed by atoms with Crippen molar-refractivity contribution in [2.24, 2.45) is 0 Å². The highest BCUT2D eigenvalue weighted by atomic mass is 16.5. The fraction of sp³-hybridized carbons (Fsp3) is 0.360. The van der Waals surface area contributed by atoms with E-state index in [0.29, 0.717) is 12.4 Å². The molecule has 1 saturated carbocycles. The molecule has 0 saturated heterocycles. The molecule has 1 aliphatic carbocycles. The molecule has 0 amide bonds. The lowest BCUT2D eigenvalue weighted by molar-refractivity contribution is -0.000201. The summed E-state index contributed by atoms with van der Waals surface area (Å²) in [4.78, 5) is 8.36. The highest BCUT2D eigenvalue weighted by molar-refractivity contribution is 5.73. The average Bonchev–Trinajstić information content (AvgIpc) is 3.28. The fourth-order valence-corrected chi connectivity index (χ4v) is 4.13.